The van der Waals surface area contributed by atoms with Gasteiger partial charge in [0.2, 0.25) is 0 Å². The van der Waals surface area contributed by atoms with Crippen LogP contribution < -0.4 is 5.32 Å². The van der Waals surface area contributed by atoms with Crippen molar-refractivity contribution in [1.29, 1.82) is 0 Å². The SMILES string of the molecule is COC(=O)CC(NC(=O)OC(C)(C)C)c1cc(Cl)cc(Cl)c1O. The van der Waals surface area contributed by atoms with Gasteiger partial charge in [0, 0.05) is 10.6 Å². The molecule has 0 heterocycles. The summed E-state index contributed by atoms with van der Waals surface area (Å²) < 4.78 is 9.76. The van der Waals surface area contributed by atoms with Gasteiger partial charge in [-0.15, -0.1) is 0 Å². The summed E-state index contributed by atoms with van der Waals surface area (Å²) in [5.74, 6) is -0.859. The van der Waals surface area contributed by atoms with E-state index in [0.717, 1.165) is 0 Å². The Bertz CT molecular complexity index is 598. The lowest BCUT2D eigenvalue weighted by Crippen LogP contribution is -2.36. The maximum absolute atomic E-state index is 12.0. The molecule has 0 aliphatic heterocycles. The van der Waals surface area contributed by atoms with Crippen LogP contribution in [0.1, 0.15) is 38.8 Å². The molecule has 0 spiro atoms. The van der Waals surface area contributed by atoms with Gasteiger partial charge < -0.3 is 19.9 Å². The monoisotopic (exact) mass is 363 g/mol. The standard InChI is InChI=1S/C15H19Cl2NO5/c1-15(2,3)23-14(21)18-11(7-12(19)22-4)9-5-8(16)6-10(17)13(9)20/h5-6,11,20H,7H2,1-4H3,(H,18,21). The smallest absolute Gasteiger partial charge is 0.408 e. The van der Waals surface area contributed by atoms with Crippen molar-refractivity contribution in [2.75, 3.05) is 7.11 Å². The Labute approximate surface area is 144 Å². The molecule has 0 saturated carbocycles. The van der Waals surface area contributed by atoms with E-state index in [1.54, 1.807) is 20.8 Å². The molecule has 8 heteroatoms. The highest BCUT2D eigenvalue weighted by Crippen LogP contribution is 2.36. The number of halogens is 2. The lowest BCUT2D eigenvalue weighted by atomic mass is 10.0. The summed E-state index contributed by atoms with van der Waals surface area (Å²) in [4.78, 5) is 23.5. The van der Waals surface area contributed by atoms with E-state index in [4.69, 9.17) is 27.9 Å². The van der Waals surface area contributed by atoms with E-state index in [9.17, 15) is 14.7 Å². The van der Waals surface area contributed by atoms with E-state index in [1.807, 2.05) is 0 Å². The molecule has 1 rings (SSSR count). The van der Waals surface area contributed by atoms with Crippen LogP contribution in [0.5, 0.6) is 5.75 Å². The lowest BCUT2D eigenvalue weighted by Gasteiger charge is -2.24. The fourth-order valence-corrected chi connectivity index (χ4v) is 2.30. The van der Waals surface area contributed by atoms with E-state index in [2.05, 4.69) is 10.1 Å². The van der Waals surface area contributed by atoms with Crippen molar-refractivity contribution < 1.29 is 24.2 Å². The molecular weight excluding hydrogens is 345 g/mol. The Balaban J connectivity index is 3.11. The molecule has 0 radical (unpaired) electrons. The molecule has 0 fully saturated rings. The van der Waals surface area contributed by atoms with E-state index in [1.165, 1.54) is 19.2 Å². The molecule has 1 unspecified atom stereocenters. The highest BCUT2D eigenvalue weighted by Gasteiger charge is 2.26. The number of hydrogen-bond donors (Lipinski definition) is 2. The van der Waals surface area contributed by atoms with E-state index < -0.39 is 23.7 Å². The lowest BCUT2D eigenvalue weighted by molar-refractivity contribution is -0.141. The van der Waals surface area contributed by atoms with Gasteiger partial charge >= 0.3 is 12.1 Å². The number of aromatic hydroxyl groups is 1. The zero-order valence-corrected chi connectivity index (χ0v) is 14.8. The van der Waals surface area contributed by atoms with Crippen molar-refractivity contribution in [3.63, 3.8) is 0 Å². The molecule has 2 N–H and O–H groups in total. The largest absolute Gasteiger partial charge is 0.506 e. The van der Waals surface area contributed by atoms with E-state index in [0.29, 0.717) is 0 Å². The first kappa shape index (κ1) is 19.4. The molecule has 0 bridgehead atoms. The minimum Gasteiger partial charge on any atom is -0.506 e. The molecule has 0 aliphatic rings. The average Bonchev–Trinajstić information content (AvgIpc) is 2.39. The number of carbonyl (C=O) groups is 2. The average molecular weight is 364 g/mol. The van der Waals surface area contributed by atoms with Gasteiger partial charge in [-0.2, -0.15) is 0 Å². The quantitative estimate of drug-likeness (QED) is 0.794. The predicted molar refractivity (Wildman–Crippen MR) is 86.9 cm³/mol. The number of rotatable bonds is 4. The Hall–Kier alpha value is -1.66. The van der Waals surface area contributed by atoms with Crippen LogP contribution in [0.2, 0.25) is 10.0 Å². The summed E-state index contributed by atoms with van der Waals surface area (Å²) in [6.07, 6.45) is -0.970. The van der Waals surface area contributed by atoms with Crippen LogP contribution in [-0.4, -0.2) is 29.9 Å². The summed E-state index contributed by atoms with van der Waals surface area (Å²) in [6.45, 7) is 5.11. The number of amides is 1. The second-order valence-electron chi connectivity index (χ2n) is 5.80. The number of methoxy groups -OCH3 is 1. The van der Waals surface area contributed by atoms with Crippen LogP contribution >= 0.6 is 23.2 Å². The van der Waals surface area contributed by atoms with Gasteiger partial charge in [0.15, 0.2) is 0 Å². The molecule has 6 nitrogen and oxygen atoms in total. The number of alkyl carbamates (subject to hydrolysis) is 1. The Morgan fingerprint density at radius 2 is 1.91 bits per heavy atom. The molecule has 128 valence electrons. The first-order valence-corrected chi connectivity index (χ1v) is 7.53. The minimum atomic E-state index is -0.909. The van der Waals surface area contributed by atoms with Crippen LogP contribution in [0.25, 0.3) is 0 Å². The van der Waals surface area contributed by atoms with Crippen LogP contribution in [0, 0.1) is 0 Å². The van der Waals surface area contributed by atoms with Gasteiger partial charge in [-0.3, -0.25) is 4.79 Å². The fourth-order valence-electron chi connectivity index (χ4n) is 1.79. The fraction of sp³-hybridized carbons (Fsp3) is 0.467. The van der Waals surface area contributed by atoms with Gasteiger partial charge in [0.1, 0.15) is 11.4 Å². The van der Waals surface area contributed by atoms with Gasteiger partial charge in [-0.1, -0.05) is 23.2 Å². The highest BCUT2D eigenvalue weighted by atomic mass is 35.5. The molecular formula is C15H19Cl2NO5. The zero-order valence-electron chi connectivity index (χ0n) is 13.3. The number of phenols is 1. The second kappa shape index (κ2) is 7.75. The molecule has 1 amide bonds. The van der Waals surface area contributed by atoms with Crippen molar-refractivity contribution in [3.8, 4) is 5.75 Å². The molecule has 0 aliphatic carbocycles. The number of nitrogens with one attached hydrogen (secondary N) is 1. The van der Waals surface area contributed by atoms with Crippen molar-refractivity contribution in [1.82, 2.24) is 5.32 Å². The Morgan fingerprint density at radius 1 is 1.30 bits per heavy atom. The summed E-state index contributed by atoms with van der Waals surface area (Å²) in [5, 5.41) is 12.9. The summed E-state index contributed by atoms with van der Waals surface area (Å²) in [6, 6.07) is 1.85. The van der Waals surface area contributed by atoms with Gasteiger partial charge in [-0.25, -0.2) is 4.79 Å². The van der Waals surface area contributed by atoms with E-state index in [-0.39, 0.29) is 27.8 Å². The summed E-state index contributed by atoms with van der Waals surface area (Å²) in [5.41, 5.74) is -0.521. The maximum atomic E-state index is 12.0. The second-order valence-corrected chi connectivity index (χ2v) is 6.65. The number of ether oxygens (including phenoxy) is 2. The first-order chi connectivity index (χ1) is 10.5. The Morgan fingerprint density at radius 3 is 2.43 bits per heavy atom. The third kappa shape index (κ3) is 6.15. The van der Waals surface area contributed by atoms with Crippen LogP contribution in [-0.2, 0) is 14.3 Å². The molecule has 0 aromatic heterocycles. The predicted octanol–water partition coefficient (Wildman–Crippen LogP) is 3.83. The topological polar surface area (TPSA) is 84.9 Å². The number of phenolic OH excluding ortho intramolecular Hbond substituents is 1. The zero-order chi connectivity index (χ0) is 17.8. The first-order valence-electron chi connectivity index (χ1n) is 6.77. The van der Waals surface area contributed by atoms with Gasteiger partial charge in [0.25, 0.3) is 0 Å². The Kier molecular flexibility index (Phi) is 6.53. The van der Waals surface area contributed by atoms with Crippen molar-refractivity contribution in [2.45, 2.75) is 38.8 Å². The molecule has 23 heavy (non-hydrogen) atoms. The number of benzene rings is 1. The maximum Gasteiger partial charge on any atom is 0.408 e. The minimum absolute atomic E-state index is 0.00774. The van der Waals surface area contributed by atoms with Crippen molar-refractivity contribution in [3.05, 3.63) is 27.7 Å². The number of hydrogen-bond acceptors (Lipinski definition) is 5. The molecule has 0 saturated heterocycles. The normalized spacial score (nSPS) is 12.4. The third-order valence-corrected chi connectivity index (χ3v) is 3.23. The van der Waals surface area contributed by atoms with Gasteiger partial charge in [-0.05, 0) is 32.9 Å². The van der Waals surface area contributed by atoms with Crippen LogP contribution in [0.4, 0.5) is 4.79 Å². The number of esters is 1. The van der Waals surface area contributed by atoms with Crippen molar-refractivity contribution >= 4 is 35.3 Å². The molecule has 1 atom stereocenters. The van der Waals surface area contributed by atoms with Crippen LogP contribution in [0.3, 0.4) is 0 Å². The highest BCUT2D eigenvalue weighted by molar-refractivity contribution is 6.35. The molecule has 1 aromatic rings. The summed E-state index contributed by atoms with van der Waals surface area (Å²) >= 11 is 11.8. The van der Waals surface area contributed by atoms with E-state index >= 15 is 0 Å². The molecule has 1 aromatic carbocycles. The van der Waals surface area contributed by atoms with Crippen LogP contribution in [0.15, 0.2) is 12.1 Å². The third-order valence-electron chi connectivity index (χ3n) is 2.72. The summed E-state index contributed by atoms with van der Waals surface area (Å²) in [7, 11) is 1.22. The van der Waals surface area contributed by atoms with Gasteiger partial charge in [0.05, 0.1) is 24.6 Å². The number of carbonyl (C=O) groups excluding carboxylic acids is 2. The van der Waals surface area contributed by atoms with Crippen molar-refractivity contribution in [2.24, 2.45) is 0 Å².